The van der Waals surface area contributed by atoms with Crippen LogP contribution in [0.15, 0.2) is 0 Å². The molecule has 2 aliphatic rings. The zero-order valence-electron chi connectivity index (χ0n) is 10.5. The summed E-state index contributed by atoms with van der Waals surface area (Å²) in [6, 6.07) is 0.462. The van der Waals surface area contributed by atoms with E-state index in [1.165, 1.54) is 70.9 Å². The van der Waals surface area contributed by atoms with Crippen LogP contribution in [-0.4, -0.2) is 35.7 Å². The lowest BCUT2D eigenvalue weighted by molar-refractivity contribution is 0.100. The van der Waals surface area contributed by atoms with E-state index in [0.717, 1.165) is 5.92 Å². The molecule has 0 aromatic carbocycles. The first-order valence-electron chi connectivity index (χ1n) is 7.25. The summed E-state index contributed by atoms with van der Waals surface area (Å²) in [5, 5.41) is 9.47. The largest absolute Gasteiger partial charge is 0.395 e. The molecule has 1 aliphatic heterocycles. The fourth-order valence-corrected chi connectivity index (χ4v) is 3.39. The van der Waals surface area contributed by atoms with Gasteiger partial charge < -0.3 is 5.11 Å². The molecule has 1 aliphatic carbocycles. The summed E-state index contributed by atoms with van der Waals surface area (Å²) in [5.74, 6) is 0.917. The first-order chi connectivity index (χ1) is 7.90. The van der Waals surface area contributed by atoms with Gasteiger partial charge in [-0.3, -0.25) is 4.90 Å². The van der Waals surface area contributed by atoms with E-state index in [0.29, 0.717) is 12.6 Å². The Kier molecular flexibility index (Phi) is 5.11. The van der Waals surface area contributed by atoms with Gasteiger partial charge in [0.2, 0.25) is 0 Å². The minimum Gasteiger partial charge on any atom is -0.395 e. The molecule has 0 aromatic heterocycles. The highest BCUT2D eigenvalue weighted by atomic mass is 16.3. The highest BCUT2D eigenvalue weighted by molar-refractivity contribution is 4.78. The minimum atomic E-state index is 0.368. The van der Waals surface area contributed by atoms with E-state index >= 15 is 0 Å². The van der Waals surface area contributed by atoms with Crippen LogP contribution in [0, 0.1) is 5.92 Å². The molecule has 2 fully saturated rings. The molecule has 0 bridgehead atoms. The lowest BCUT2D eigenvalue weighted by Gasteiger charge is -2.33. The minimum absolute atomic E-state index is 0.368. The van der Waals surface area contributed by atoms with Gasteiger partial charge in [-0.2, -0.15) is 0 Å². The molecular weight excluding hydrogens is 198 g/mol. The molecule has 1 saturated carbocycles. The Labute approximate surface area is 100 Å². The zero-order chi connectivity index (χ0) is 11.2. The summed E-state index contributed by atoms with van der Waals surface area (Å²) in [4.78, 5) is 2.59. The average Bonchev–Trinajstić information content (AvgIpc) is 2.55. The standard InChI is InChI=1S/C14H27NO/c16-12-14-9-5-2-6-10-15(14)11-13-7-3-1-4-8-13/h13-14,16H,1-12H2. The summed E-state index contributed by atoms with van der Waals surface area (Å²) < 4.78 is 0. The Morgan fingerprint density at radius 1 is 0.875 bits per heavy atom. The lowest BCUT2D eigenvalue weighted by Crippen LogP contribution is -2.41. The van der Waals surface area contributed by atoms with Crippen molar-refractivity contribution in [3.8, 4) is 0 Å². The second-order valence-corrected chi connectivity index (χ2v) is 5.68. The van der Waals surface area contributed by atoms with Gasteiger partial charge >= 0.3 is 0 Å². The van der Waals surface area contributed by atoms with Gasteiger partial charge in [-0.15, -0.1) is 0 Å². The number of nitrogens with zero attached hydrogens (tertiary/aromatic N) is 1. The van der Waals surface area contributed by atoms with Crippen molar-refractivity contribution in [3.63, 3.8) is 0 Å². The molecular formula is C14H27NO. The van der Waals surface area contributed by atoms with Crippen LogP contribution < -0.4 is 0 Å². The third-order valence-corrected chi connectivity index (χ3v) is 4.43. The molecule has 1 N–H and O–H groups in total. The van der Waals surface area contributed by atoms with Crippen LogP contribution in [0.3, 0.4) is 0 Å². The van der Waals surface area contributed by atoms with Crippen LogP contribution in [-0.2, 0) is 0 Å². The molecule has 1 unspecified atom stereocenters. The monoisotopic (exact) mass is 225 g/mol. The number of hydrogen-bond acceptors (Lipinski definition) is 2. The first-order valence-corrected chi connectivity index (χ1v) is 7.25. The van der Waals surface area contributed by atoms with Gasteiger partial charge in [-0.25, -0.2) is 0 Å². The van der Waals surface area contributed by atoms with Crippen molar-refractivity contribution in [3.05, 3.63) is 0 Å². The van der Waals surface area contributed by atoms with Crippen molar-refractivity contribution in [1.29, 1.82) is 0 Å². The van der Waals surface area contributed by atoms with Crippen molar-refractivity contribution >= 4 is 0 Å². The SMILES string of the molecule is OCC1CCCCCN1CC1CCCCC1. The van der Waals surface area contributed by atoms with Crippen LogP contribution in [0.5, 0.6) is 0 Å². The fraction of sp³-hybridized carbons (Fsp3) is 1.00. The van der Waals surface area contributed by atoms with Gasteiger partial charge in [0.05, 0.1) is 6.61 Å². The third-order valence-electron chi connectivity index (χ3n) is 4.43. The number of likely N-dealkylation sites (tertiary alicyclic amines) is 1. The van der Waals surface area contributed by atoms with Crippen molar-refractivity contribution in [2.75, 3.05) is 19.7 Å². The molecule has 2 nitrogen and oxygen atoms in total. The maximum absolute atomic E-state index is 9.47. The molecule has 0 amide bonds. The molecule has 2 rings (SSSR count). The van der Waals surface area contributed by atoms with E-state index in [2.05, 4.69) is 4.90 Å². The lowest BCUT2D eigenvalue weighted by atomic mass is 9.88. The van der Waals surface area contributed by atoms with Crippen LogP contribution in [0.2, 0.25) is 0 Å². The van der Waals surface area contributed by atoms with Crippen molar-refractivity contribution in [2.45, 2.75) is 63.8 Å². The average molecular weight is 225 g/mol. The summed E-state index contributed by atoms with van der Waals surface area (Å²) in [6.07, 6.45) is 12.4. The van der Waals surface area contributed by atoms with Crippen LogP contribution in [0.4, 0.5) is 0 Å². The number of aliphatic hydroxyl groups excluding tert-OH is 1. The van der Waals surface area contributed by atoms with E-state index in [1.807, 2.05) is 0 Å². The molecule has 1 saturated heterocycles. The van der Waals surface area contributed by atoms with Gasteiger partial charge in [0, 0.05) is 12.6 Å². The zero-order valence-corrected chi connectivity index (χ0v) is 10.5. The summed E-state index contributed by atoms with van der Waals surface area (Å²) in [5.41, 5.74) is 0. The molecule has 94 valence electrons. The van der Waals surface area contributed by atoms with Gasteiger partial charge in [-0.05, 0) is 38.1 Å². The Morgan fingerprint density at radius 2 is 1.56 bits per heavy atom. The second kappa shape index (κ2) is 6.61. The summed E-state index contributed by atoms with van der Waals surface area (Å²) in [7, 11) is 0. The molecule has 1 heterocycles. The van der Waals surface area contributed by atoms with Crippen LogP contribution >= 0.6 is 0 Å². The quantitative estimate of drug-likeness (QED) is 0.798. The predicted octanol–water partition coefficient (Wildman–Crippen LogP) is 2.80. The fourth-order valence-electron chi connectivity index (χ4n) is 3.39. The molecule has 0 radical (unpaired) electrons. The molecule has 1 atom stereocenters. The highest BCUT2D eigenvalue weighted by Crippen LogP contribution is 2.26. The Bertz CT molecular complexity index is 189. The van der Waals surface area contributed by atoms with Gasteiger partial charge in [0.15, 0.2) is 0 Å². The molecule has 0 aromatic rings. The van der Waals surface area contributed by atoms with E-state index < -0.39 is 0 Å². The van der Waals surface area contributed by atoms with Crippen molar-refractivity contribution < 1.29 is 5.11 Å². The van der Waals surface area contributed by atoms with E-state index in [-0.39, 0.29) is 0 Å². The number of aliphatic hydroxyl groups is 1. The first kappa shape index (κ1) is 12.4. The van der Waals surface area contributed by atoms with Crippen LogP contribution in [0.1, 0.15) is 57.8 Å². The maximum Gasteiger partial charge on any atom is 0.0586 e. The van der Waals surface area contributed by atoms with E-state index in [4.69, 9.17) is 0 Å². The Hall–Kier alpha value is -0.0800. The van der Waals surface area contributed by atoms with Gasteiger partial charge in [-0.1, -0.05) is 32.1 Å². The Morgan fingerprint density at radius 3 is 2.31 bits per heavy atom. The summed E-state index contributed by atoms with van der Waals surface area (Å²) >= 11 is 0. The normalized spacial score (nSPS) is 30.2. The molecule has 2 heteroatoms. The van der Waals surface area contributed by atoms with Gasteiger partial charge in [0.25, 0.3) is 0 Å². The Balaban J connectivity index is 1.83. The predicted molar refractivity (Wildman–Crippen MR) is 67.5 cm³/mol. The topological polar surface area (TPSA) is 23.5 Å². The maximum atomic E-state index is 9.47. The molecule has 0 spiro atoms. The number of hydrogen-bond donors (Lipinski definition) is 1. The van der Waals surface area contributed by atoms with Crippen molar-refractivity contribution in [2.24, 2.45) is 5.92 Å². The summed E-state index contributed by atoms with van der Waals surface area (Å²) in [6.45, 7) is 2.85. The van der Waals surface area contributed by atoms with Crippen LogP contribution in [0.25, 0.3) is 0 Å². The second-order valence-electron chi connectivity index (χ2n) is 5.68. The smallest absolute Gasteiger partial charge is 0.0586 e. The third kappa shape index (κ3) is 3.46. The number of rotatable bonds is 3. The highest BCUT2D eigenvalue weighted by Gasteiger charge is 2.23. The van der Waals surface area contributed by atoms with E-state index in [1.54, 1.807) is 0 Å². The molecule has 16 heavy (non-hydrogen) atoms. The van der Waals surface area contributed by atoms with Gasteiger partial charge in [0.1, 0.15) is 0 Å². The van der Waals surface area contributed by atoms with E-state index in [9.17, 15) is 5.11 Å². The van der Waals surface area contributed by atoms with Crippen molar-refractivity contribution in [1.82, 2.24) is 4.90 Å².